The third kappa shape index (κ3) is 7.86. The number of anilines is 1. The molecule has 2 aliphatic rings. The predicted octanol–water partition coefficient (Wildman–Crippen LogP) is 2.95. The minimum absolute atomic E-state index is 0.131. The van der Waals surface area contributed by atoms with Crippen molar-refractivity contribution in [1.29, 1.82) is 0 Å². The number of hydrogen-bond acceptors (Lipinski definition) is 7. The summed E-state index contributed by atoms with van der Waals surface area (Å²) in [6.07, 6.45) is 4.09. The Labute approximate surface area is 239 Å². The van der Waals surface area contributed by atoms with E-state index in [0.29, 0.717) is 61.4 Å². The molecule has 41 heavy (non-hydrogen) atoms. The van der Waals surface area contributed by atoms with E-state index < -0.39 is 0 Å². The van der Waals surface area contributed by atoms with Crippen LogP contribution in [0, 0.1) is 11.7 Å². The van der Waals surface area contributed by atoms with E-state index in [9.17, 15) is 14.0 Å². The van der Waals surface area contributed by atoms with E-state index in [1.165, 1.54) is 28.8 Å². The molecule has 2 fully saturated rings. The summed E-state index contributed by atoms with van der Waals surface area (Å²) >= 11 is 0. The lowest BCUT2D eigenvalue weighted by Crippen LogP contribution is -2.40. The number of morpholine rings is 1. The molecular weight excluding hydrogens is 527 g/mol. The summed E-state index contributed by atoms with van der Waals surface area (Å²) in [6, 6.07) is 11.6. The fourth-order valence-electron chi connectivity index (χ4n) is 5.53. The van der Waals surface area contributed by atoms with Gasteiger partial charge in [0, 0.05) is 50.0 Å². The number of nitrogens with one attached hydrogen (secondary N) is 2. The van der Waals surface area contributed by atoms with Crippen LogP contribution >= 0.6 is 0 Å². The molecule has 2 N–H and O–H groups in total. The van der Waals surface area contributed by atoms with Gasteiger partial charge in [-0.05, 0) is 91.0 Å². The van der Waals surface area contributed by atoms with Gasteiger partial charge < -0.3 is 25.2 Å². The Balaban J connectivity index is 1.13. The van der Waals surface area contributed by atoms with Crippen molar-refractivity contribution >= 4 is 17.6 Å². The van der Waals surface area contributed by atoms with Crippen LogP contribution in [0.25, 0.3) is 11.4 Å². The van der Waals surface area contributed by atoms with E-state index >= 15 is 0 Å². The van der Waals surface area contributed by atoms with E-state index in [4.69, 9.17) is 4.74 Å². The van der Waals surface area contributed by atoms with Crippen LogP contribution in [-0.4, -0.2) is 94.4 Å². The quantitative estimate of drug-likeness (QED) is 0.384. The van der Waals surface area contributed by atoms with Crippen LogP contribution < -0.4 is 10.6 Å². The first kappa shape index (κ1) is 28.6. The molecule has 5 rings (SSSR count). The number of carbonyl (C=O) groups excluding carboxylic acids is 2. The maximum Gasteiger partial charge on any atom is 0.319 e. The number of hydrogen-bond donors (Lipinski definition) is 2. The van der Waals surface area contributed by atoms with Gasteiger partial charge in [0.1, 0.15) is 5.82 Å². The largest absolute Gasteiger partial charge is 0.378 e. The second-order valence-electron chi connectivity index (χ2n) is 10.7. The molecule has 0 bridgehead atoms. The van der Waals surface area contributed by atoms with Crippen LogP contribution in [0.1, 0.15) is 35.2 Å². The predicted molar refractivity (Wildman–Crippen MR) is 152 cm³/mol. The molecule has 0 saturated carbocycles. The molecule has 3 heterocycles. The van der Waals surface area contributed by atoms with E-state index in [1.807, 2.05) is 12.1 Å². The monoisotopic (exact) mass is 564 g/mol. The van der Waals surface area contributed by atoms with Crippen LogP contribution in [0.3, 0.4) is 0 Å². The van der Waals surface area contributed by atoms with Gasteiger partial charge in [-0.2, -0.15) is 0 Å². The minimum Gasteiger partial charge on any atom is -0.378 e. The van der Waals surface area contributed by atoms with Crippen molar-refractivity contribution in [3.05, 3.63) is 59.4 Å². The average Bonchev–Trinajstić information content (AvgIpc) is 3.42. The molecule has 2 aliphatic heterocycles. The molecule has 1 atom stereocenters. The number of nitrogens with zero attached hydrogens (tertiary/aromatic N) is 6. The van der Waals surface area contributed by atoms with Crippen LogP contribution in [0.15, 0.2) is 42.5 Å². The fourth-order valence-corrected chi connectivity index (χ4v) is 5.53. The van der Waals surface area contributed by atoms with Crippen molar-refractivity contribution in [3.63, 3.8) is 0 Å². The fraction of sp³-hybridized carbons (Fsp3) is 0.483. The third-order valence-corrected chi connectivity index (χ3v) is 7.59. The van der Waals surface area contributed by atoms with Gasteiger partial charge in [-0.1, -0.05) is 12.1 Å². The number of likely N-dealkylation sites (tertiary alicyclic amines) is 1. The van der Waals surface area contributed by atoms with Crippen molar-refractivity contribution in [3.8, 4) is 11.4 Å². The zero-order valence-electron chi connectivity index (χ0n) is 23.4. The first-order chi connectivity index (χ1) is 19.9. The lowest BCUT2D eigenvalue weighted by Gasteiger charge is -2.32. The molecule has 0 aliphatic carbocycles. The number of aryl methyl sites for hydroxylation is 1. The molecule has 1 aromatic heterocycles. The SMILES string of the molecule is Cn1nnnc1-c1cc(NC(=O)NCCCN2CCCC(Cc3ccc(F)cc3)C2)cc(C(=O)N2CCOCC2)c1. The van der Waals surface area contributed by atoms with E-state index in [1.54, 1.807) is 30.1 Å². The molecule has 11 nitrogen and oxygen atoms in total. The standard InChI is InChI=1S/C29H37FN8O3/c1-36-27(33-34-35-36)23-17-24(28(39)38-12-14-41-15-13-38)19-26(18-23)32-29(40)31-9-3-11-37-10-2-4-22(20-37)16-21-5-7-25(30)8-6-21/h5-8,17-19,22H,2-4,9-16,20H2,1H3,(H2,31,32,40). The maximum absolute atomic E-state index is 13.2. The number of urea groups is 1. The lowest BCUT2D eigenvalue weighted by atomic mass is 9.91. The number of ether oxygens (including phenoxy) is 1. The molecule has 0 spiro atoms. The summed E-state index contributed by atoms with van der Waals surface area (Å²) in [4.78, 5) is 30.2. The zero-order valence-corrected chi connectivity index (χ0v) is 23.4. The maximum atomic E-state index is 13.2. The van der Waals surface area contributed by atoms with Gasteiger partial charge in [0.2, 0.25) is 0 Å². The molecule has 2 saturated heterocycles. The highest BCUT2D eigenvalue weighted by Crippen LogP contribution is 2.24. The third-order valence-electron chi connectivity index (χ3n) is 7.59. The normalized spacial score (nSPS) is 17.8. The summed E-state index contributed by atoms with van der Waals surface area (Å²) in [7, 11) is 1.72. The Morgan fingerprint density at radius 3 is 2.66 bits per heavy atom. The highest BCUT2D eigenvalue weighted by Gasteiger charge is 2.22. The highest BCUT2D eigenvalue weighted by molar-refractivity contribution is 5.98. The molecule has 218 valence electrons. The number of amides is 3. The van der Waals surface area contributed by atoms with Crippen LogP contribution in [0.5, 0.6) is 0 Å². The Kier molecular flexibility index (Phi) is 9.52. The number of benzene rings is 2. The average molecular weight is 565 g/mol. The number of carbonyl (C=O) groups is 2. The van der Waals surface area contributed by atoms with Crippen molar-refractivity contribution < 1.29 is 18.7 Å². The number of halogens is 1. The second-order valence-corrected chi connectivity index (χ2v) is 10.7. The number of aromatic nitrogens is 4. The number of piperidine rings is 1. The van der Waals surface area contributed by atoms with Gasteiger partial charge >= 0.3 is 6.03 Å². The van der Waals surface area contributed by atoms with E-state index in [2.05, 4.69) is 31.1 Å². The first-order valence-electron chi connectivity index (χ1n) is 14.2. The van der Waals surface area contributed by atoms with Gasteiger partial charge in [0.25, 0.3) is 5.91 Å². The molecule has 3 amide bonds. The summed E-state index contributed by atoms with van der Waals surface area (Å²) < 4.78 is 20.1. The summed E-state index contributed by atoms with van der Waals surface area (Å²) in [5.74, 6) is 0.710. The lowest BCUT2D eigenvalue weighted by molar-refractivity contribution is 0.0303. The topological polar surface area (TPSA) is 118 Å². The van der Waals surface area contributed by atoms with Crippen molar-refractivity contribution in [2.45, 2.75) is 25.7 Å². The van der Waals surface area contributed by atoms with Crippen LogP contribution in [-0.2, 0) is 18.2 Å². The Hall–Kier alpha value is -3.90. The smallest absolute Gasteiger partial charge is 0.319 e. The van der Waals surface area contributed by atoms with Crippen molar-refractivity contribution in [2.24, 2.45) is 13.0 Å². The summed E-state index contributed by atoms with van der Waals surface area (Å²) in [6.45, 7) is 5.51. The van der Waals surface area contributed by atoms with Gasteiger partial charge in [-0.15, -0.1) is 5.10 Å². The van der Waals surface area contributed by atoms with Crippen LogP contribution in [0.4, 0.5) is 14.9 Å². The molecule has 1 unspecified atom stereocenters. The molecular formula is C29H37FN8O3. The minimum atomic E-state index is -0.337. The Bertz CT molecular complexity index is 1330. The number of rotatable bonds is 9. The Morgan fingerprint density at radius 1 is 1.10 bits per heavy atom. The Morgan fingerprint density at radius 2 is 1.90 bits per heavy atom. The van der Waals surface area contributed by atoms with Gasteiger partial charge in [0.15, 0.2) is 5.82 Å². The van der Waals surface area contributed by atoms with Gasteiger partial charge in [-0.25, -0.2) is 13.9 Å². The molecule has 0 radical (unpaired) electrons. The van der Waals surface area contributed by atoms with Crippen molar-refractivity contribution in [2.75, 3.05) is 57.8 Å². The van der Waals surface area contributed by atoms with Crippen molar-refractivity contribution in [1.82, 2.24) is 35.3 Å². The summed E-state index contributed by atoms with van der Waals surface area (Å²) in [5, 5.41) is 17.5. The highest BCUT2D eigenvalue weighted by atomic mass is 19.1. The van der Waals surface area contributed by atoms with E-state index in [-0.39, 0.29) is 17.8 Å². The van der Waals surface area contributed by atoms with E-state index in [0.717, 1.165) is 38.9 Å². The van der Waals surface area contributed by atoms with Gasteiger partial charge in [0.05, 0.1) is 13.2 Å². The molecule has 3 aromatic rings. The summed E-state index contributed by atoms with van der Waals surface area (Å²) in [5.41, 5.74) is 2.74. The van der Waals surface area contributed by atoms with Gasteiger partial charge in [-0.3, -0.25) is 4.79 Å². The molecule has 2 aromatic carbocycles. The first-order valence-corrected chi connectivity index (χ1v) is 14.2. The van der Waals surface area contributed by atoms with Crippen LogP contribution in [0.2, 0.25) is 0 Å². The number of tetrazole rings is 1. The second kappa shape index (κ2) is 13.6. The zero-order chi connectivity index (χ0) is 28.6. The molecule has 12 heteroatoms.